The van der Waals surface area contributed by atoms with Gasteiger partial charge in [0.25, 0.3) is 0 Å². The van der Waals surface area contributed by atoms with E-state index in [1.165, 1.54) is 24.6 Å². The lowest BCUT2D eigenvalue weighted by Gasteiger charge is -2.29. The van der Waals surface area contributed by atoms with Gasteiger partial charge in [-0.3, -0.25) is 4.98 Å². The number of nitrogens with zero attached hydrogens (tertiary/aromatic N) is 3. The summed E-state index contributed by atoms with van der Waals surface area (Å²) in [4.78, 5) is 6.51. The van der Waals surface area contributed by atoms with E-state index in [1.807, 2.05) is 37.3 Å². The average molecular weight is 702 g/mol. The van der Waals surface area contributed by atoms with Gasteiger partial charge in [-0.05, 0) is 81.1 Å². The Morgan fingerprint density at radius 2 is 1.88 bits per heavy atom. The zero-order chi connectivity index (χ0) is 34.3. The fourth-order valence-electron chi connectivity index (χ4n) is 6.67. The molecule has 1 aliphatic carbocycles. The van der Waals surface area contributed by atoms with Gasteiger partial charge in [0.15, 0.2) is 0 Å². The van der Waals surface area contributed by atoms with Crippen LogP contribution in [0.15, 0.2) is 67.0 Å². The second-order valence-electron chi connectivity index (χ2n) is 13.1. The quantitative estimate of drug-likeness (QED) is 0.146. The van der Waals surface area contributed by atoms with Crippen LogP contribution in [-0.4, -0.2) is 54.4 Å². The molecule has 0 bridgehead atoms. The maximum Gasteiger partial charge on any atom is 0.142 e. The number of aromatic nitrogens is 1. The van der Waals surface area contributed by atoms with Crippen LogP contribution in [-0.2, 0) is 19.6 Å². The number of likely N-dealkylation sites (tertiary alicyclic amines) is 1. The van der Waals surface area contributed by atoms with Crippen LogP contribution in [0.4, 0.5) is 0 Å². The van der Waals surface area contributed by atoms with Crippen molar-refractivity contribution in [2.24, 2.45) is 5.92 Å². The Labute approximate surface area is 298 Å². The van der Waals surface area contributed by atoms with Crippen LogP contribution in [0, 0.1) is 17.2 Å². The summed E-state index contributed by atoms with van der Waals surface area (Å²) in [6, 6.07) is 19.7. The Morgan fingerprint density at radius 3 is 2.69 bits per heavy atom. The van der Waals surface area contributed by atoms with Crippen molar-refractivity contribution < 1.29 is 19.3 Å². The number of aliphatic hydroxyl groups is 1. The standard InChI is InChI=1S/C39H42Cl2N4O4/c1-25(22-46)44-20-29-15-34(40)38(16-37(29)48-24-28-14-27(17-42)18-43-19-28)49-35-12-11-31-30(7-3-8-32(31)35)33-9-4-10-36(39(33)41)47-23-26-6-5-13-45(2)21-26/h3-4,7-10,14-16,18-19,25-26,35,44,46H,5-6,11-13,20-24H2,1-2H3/t25-,26+,35-/m1/s1. The number of rotatable bonds is 13. The number of halogens is 2. The van der Waals surface area contributed by atoms with Crippen molar-refractivity contribution >= 4 is 23.2 Å². The number of pyridine rings is 1. The van der Waals surface area contributed by atoms with E-state index < -0.39 is 0 Å². The maximum atomic E-state index is 9.54. The van der Waals surface area contributed by atoms with Gasteiger partial charge in [-0.2, -0.15) is 5.26 Å². The maximum absolute atomic E-state index is 9.54. The Morgan fingerprint density at radius 1 is 1.04 bits per heavy atom. The number of nitrogens with one attached hydrogen (secondary N) is 1. The minimum Gasteiger partial charge on any atom is -0.492 e. The van der Waals surface area contributed by atoms with E-state index in [1.54, 1.807) is 12.3 Å². The van der Waals surface area contributed by atoms with E-state index in [0.717, 1.165) is 53.7 Å². The molecular weight excluding hydrogens is 659 g/mol. The summed E-state index contributed by atoms with van der Waals surface area (Å²) in [5, 5.41) is 23.2. The Bertz CT molecular complexity index is 1810. The molecule has 49 heavy (non-hydrogen) atoms. The SMILES string of the molecule is C[C@H](CO)NCc1cc(Cl)c(O[C@@H]2CCc3c(-c4cccc(OC[C@H]5CCCN(C)C5)c4Cl)cccc32)cc1OCc1cncc(C#N)c1. The van der Waals surface area contributed by atoms with E-state index in [9.17, 15) is 10.4 Å². The number of fused-ring (bicyclic) bond motifs is 1. The first-order valence-electron chi connectivity index (χ1n) is 16.8. The van der Waals surface area contributed by atoms with Gasteiger partial charge in [0, 0.05) is 60.2 Å². The van der Waals surface area contributed by atoms with Gasteiger partial charge in [0.1, 0.15) is 36.0 Å². The normalized spacial score (nSPS) is 18.0. The molecule has 4 aromatic rings. The van der Waals surface area contributed by atoms with Crippen molar-refractivity contribution in [1.82, 2.24) is 15.2 Å². The molecule has 3 atom stereocenters. The molecule has 256 valence electrons. The molecule has 2 heterocycles. The van der Waals surface area contributed by atoms with Crippen molar-refractivity contribution in [1.29, 1.82) is 5.26 Å². The number of aliphatic hydroxyl groups excluding tert-OH is 1. The predicted molar refractivity (Wildman–Crippen MR) is 192 cm³/mol. The van der Waals surface area contributed by atoms with Crippen LogP contribution in [0.3, 0.4) is 0 Å². The third-order valence-corrected chi connectivity index (χ3v) is 9.97. The fourth-order valence-corrected chi connectivity index (χ4v) is 7.18. The Balaban J connectivity index is 1.22. The lowest BCUT2D eigenvalue weighted by molar-refractivity contribution is 0.150. The molecule has 0 radical (unpaired) electrons. The van der Waals surface area contributed by atoms with Crippen LogP contribution in [0.25, 0.3) is 11.1 Å². The fraction of sp³-hybridized carbons (Fsp3) is 0.385. The highest BCUT2D eigenvalue weighted by Gasteiger charge is 2.29. The molecule has 8 nitrogen and oxygen atoms in total. The van der Waals surface area contributed by atoms with Crippen LogP contribution >= 0.6 is 23.2 Å². The van der Waals surface area contributed by atoms with Gasteiger partial charge in [-0.25, -0.2) is 0 Å². The molecule has 0 saturated carbocycles. The van der Waals surface area contributed by atoms with E-state index >= 15 is 0 Å². The van der Waals surface area contributed by atoms with Gasteiger partial charge >= 0.3 is 0 Å². The summed E-state index contributed by atoms with van der Waals surface area (Å²) < 4.78 is 19.2. The summed E-state index contributed by atoms with van der Waals surface area (Å²) in [6.45, 7) is 5.38. The van der Waals surface area contributed by atoms with Crippen LogP contribution in [0.1, 0.15) is 60.1 Å². The first-order chi connectivity index (χ1) is 23.8. The molecule has 6 rings (SSSR count). The Kier molecular flexibility index (Phi) is 11.6. The molecular formula is C39H42Cl2N4O4. The van der Waals surface area contributed by atoms with Gasteiger partial charge < -0.3 is 29.5 Å². The van der Waals surface area contributed by atoms with Crippen molar-refractivity contribution in [2.45, 2.75) is 57.9 Å². The van der Waals surface area contributed by atoms with E-state index in [0.29, 0.717) is 51.9 Å². The number of ether oxygens (including phenoxy) is 3. The molecule has 0 amide bonds. The van der Waals surface area contributed by atoms with Gasteiger partial charge in [0.2, 0.25) is 0 Å². The molecule has 2 aliphatic rings. The third-order valence-electron chi connectivity index (χ3n) is 9.28. The smallest absolute Gasteiger partial charge is 0.142 e. The number of piperidine rings is 1. The van der Waals surface area contributed by atoms with Gasteiger partial charge in [-0.1, -0.05) is 53.5 Å². The largest absolute Gasteiger partial charge is 0.492 e. The highest BCUT2D eigenvalue weighted by molar-refractivity contribution is 6.35. The Hall–Kier alpha value is -3.84. The summed E-state index contributed by atoms with van der Waals surface area (Å²) in [5.41, 5.74) is 6.40. The lowest BCUT2D eigenvalue weighted by atomic mass is 9.96. The van der Waals surface area contributed by atoms with Crippen molar-refractivity contribution in [2.75, 3.05) is 33.4 Å². The summed E-state index contributed by atoms with van der Waals surface area (Å²) in [6.07, 6.45) is 6.96. The van der Waals surface area contributed by atoms with Gasteiger partial charge in [-0.15, -0.1) is 0 Å². The topological polar surface area (TPSA) is 99.9 Å². The highest BCUT2D eigenvalue weighted by Crippen LogP contribution is 2.45. The van der Waals surface area contributed by atoms with E-state index in [-0.39, 0.29) is 25.4 Å². The minimum absolute atomic E-state index is 0.00161. The molecule has 1 aliphatic heterocycles. The molecule has 0 spiro atoms. The monoisotopic (exact) mass is 700 g/mol. The third kappa shape index (κ3) is 8.49. The zero-order valence-corrected chi connectivity index (χ0v) is 29.4. The number of benzene rings is 3. The number of hydrogen-bond acceptors (Lipinski definition) is 8. The highest BCUT2D eigenvalue weighted by atomic mass is 35.5. The van der Waals surface area contributed by atoms with Crippen LogP contribution in [0.2, 0.25) is 10.0 Å². The predicted octanol–water partition coefficient (Wildman–Crippen LogP) is 7.76. The molecule has 2 N–H and O–H groups in total. The molecule has 0 unspecified atom stereocenters. The first-order valence-corrected chi connectivity index (χ1v) is 17.6. The zero-order valence-electron chi connectivity index (χ0n) is 27.9. The summed E-state index contributed by atoms with van der Waals surface area (Å²) >= 11 is 13.9. The van der Waals surface area contributed by atoms with Crippen LogP contribution < -0.4 is 19.5 Å². The van der Waals surface area contributed by atoms with Crippen molar-refractivity contribution in [3.63, 3.8) is 0 Å². The van der Waals surface area contributed by atoms with Crippen molar-refractivity contribution in [3.05, 3.63) is 105 Å². The average Bonchev–Trinajstić information content (AvgIpc) is 3.53. The van der Waals surface area contributed by atoms with Crippen molar-refractivity contribution in [3.8, 4) is 34.4 Å². The lowest BCUT2D eigenvalue weighted by Crippen LogP contribution is -2.34. The molecule has 1 fully saturated rings. The van der Waals surface area contributed by atoms with E-state index in [2.05, 4.69) is 46.5 Å². The molecule has 1 saturated heterocycles. The van der Waals surface area contributed by atoms with Crippen LogP contribution in [0.5, 0.6) is 17.2 Å². The first kappa shape index (κ1) is 35.0. The summed E-state index contributed by atoms with van der Waals surface area (Å²) in [5.74, 6) is 2.32. The van der Waals surface area contributed by atoms with Gasteiger partial charge in [0.05, 0.1) is 28.8 Å². The minimum atomic E-state index is -0.211. The summed E-state index contributed by atoms with van der Waals surface area (Å²) in [7, 11) is 2.16. The molecule has 1 aromatic heterocycles. The second kappa shape index (κ2) is 16.2. The molecule has 10 heteroatoms. The second-order valence-corrected chi connectivity index (χ2v) is 13.8. The van der Waals surface area contributed by atoms with E-state index in [4.69, 9.17) is 37.4 Å². The number of nitriles is 1. The number of hydrogen-bond donors (Lipinski definition) is 2. The molecule has 3 aromatic carbocycles.